The fourth-order valence-electron chi connectivity index (χ4n) is 2.29. The van der Waals surface area contributed by atoms with Crippen LogP contribution in [0.3, 0.4) is 0 Å². The molecule has 3 heteroatoms. The number of Topliss-reactive ketones (excluding diaryl/α,β-unsaturated/α-hetero) is 1. The number of unbranched alkanes of at least 4 members (excludes halogenated alkanes) is 1. The van der Waals surface area contributed by atoms with E-state index in [-0.39, 0.29) is 5.78 Å². The molecule has 0 aliphatic carbocycles. The van der Waals surface area contributed by atoms with Crippen molar-refractivity contribution < 1.29 is 9.53 Å². The van der Waals surface area contributed by atoms with E-state index >= 15 is 0 Å². The quantitative estimate of drug-likeness (QED) is 0.683. The number of carbonyl (C=O) groups excluding carboxylic acids is 1. The Labute approximate surface area is 118 Å². The standard InChI is InChI=1S/C17H17NO2/c1-2-3-7-15(19)12-9-10-17-14(11-12)18-13-6-4-5-8-16(13)20-17/h4-6,8-11,18H,2-3,7H2,1H3. The fraction of sp³-hybridized carbons (Fsp3) is 0.235. The van der Waals surface area contributed by atoms with Crippen molar-refractivity contribution in [3.05, 3.63) is 48.0 Å². The number of ether oxygens (including phenoxy) is 1. The first-order chi connectivity index (χ1) is 9.78. The highest BCUT2D eigenvalue weighted by Gasteiger charge is 2.17. The Kier molecular flexibility index (Phi) is 3.42. The van der Waals surface area contributed by atoms with E-state index in [0.717, 1.165) is 41.3 Å². The lowest BCUT2D eigenvalue weighted by Gasteiger charge is -2.22. The van der Waals surface area contributed by atoms with Crippen LogP contribution in [0.2, 0.25) is 0 Å². The summed E-state index contributed by atoms with van der Waals surface area (Å²) >= 11 is 0. The molecule has 3 nitrogen and oxygen atoms in total. The molecule has 20 heavy (non-hydrogen) atoms. The van der Waals surface area contributed by atoms with Crippen molar-refractivity contribution in [1.29, 1.82) is 0 Å². The lowest BCUT2D eigenvalue weighted by atomic mass is 10.0. The monoisotopic (exact) mass is 267 g/mol. The third-order valence-electron chi connectivity index (χ3n) is 3.44. The highest BCUT2D eigenvalue weighted by molar-refractivity contribution is 5.97. The zero-order valence-corrected chi connectivity index (χ0v) is 11.5. The van der Waals surface area contributed by atoms with E-state index in [1.807, 2.05) is 42.5 Å². The molecule has 2 aromatic rings. The third-order valence-corrected chi connectivity index (χ3v) is 3.44. The van der Waals surface area contributed by atoms with E-state index in [9.17, 15) is 4.79 Å². The molecule has 0 fully saturated rings. The minimum atomic E-state index is 0.190. The van der Waals surface area contributed by atoms with Crippen molar-refractivity contribution in [3.8, 4) is 11.5 Å². The summed E-state index contributed by atoms with van der Waals surface area (Å²) < 4.78 is 5.82. The van der Waals surface area contributed by atoms with E-state index in [1.165, 1.54) is 0 Å². The number of carbonyl (C=O) groups is 1. The molecule has 1 heterocycles. The first kappa shape index (κ1) is 12.7. The van der Waals surface area contributed by atoms with Gasteiger partial charge < -0.3 is 10.1 Å². The van der Waals surface area contributed by atoms with Crippen molar-refractivity contribution in [2.24, 2.45) is 0 Å². The number of rotatable bonds is 4. The summed E-state index contributed by atoms with van der Waals surface area (Å²) in [4.78, 5) is 12.1. The summed E-state index contributed by atoms with van der Waals surface area (Å²) in [5.74, 6) is 1.76. The van der Waals surface area contributed by atoms with Gasteiger partial charge in [0.15, 0.2) is 17.3 Å². The molecule has 2 aromatic carbocycles. The van der Waals surface area contributed by atoms with Crippen LogP contribution in [0, 0.1) is 0 Å². The van der Waals surface area contributed by atoms with Gasteiger partial charge in [0.25, 0.3) is 0 Å². The SMILES string of the molecule is CCCCC(=O)c1ccc2c(c1)Nc1ccccc1O2. The van der Waals surface area contributed by atoms with Crippen LogP contribution < -0.4 is 10.1 Å². The molecule has 0 aromatic heterocycles. The molecule has 102 valence electrons. The van der Waals surface area contributed by atoms with Crippen molar-refractivity contribution in [2.45, 2.75) is 26.2 Å². The highest BCUT2D eigenvalue weighted by Crippen LogP contribution is 2.41. The minimum Gasteiger partial charge on any atom is -0.453 e. The van der Waals surface area contributed by atoms with Crippen LogP contribution in [0.1, 0.15) is 36.5 Å². The van der Waals surface area contributed by atoms with Gasteiger partial charge in [0, 0.05) is 12.0 Å². The predicted octanol–water partition coefficient (Wildman–Crippen LogP) is 4.91. The maximum Gasteiger partial charge on any atom is 0.162 e. The molecule has 3 rings (SSSR count). The van der Waals surface area contributed by atoms with Crippen LogP contribution in [0.5, 0.6) is 11.5 Å². The predicted molar refractivity (Wildman–Crippen MR) is 80.1 cm³/mol. The molecule has 0 unspecified atom stereocenters. The summed E-state index contributed by atoms with van der Waals surface area (Å²) in [7, 11) is 0. The van der Waals surface area contributed by atoms with Gasteiger partial charge in [-0.15, -0.1) is 0 Å². The lowest BCUT2D eigenvalue weighted by Crippen LogP contribution is -2.05. The summed E-state index contributed by atoms with van der Waals surface area (Å²) in [6, 6.07) is 13.4. The Bertz CT molecular complexity index is 649. The molecule has 0 saturated carbocycles. The molecular weight excluding hydrogens is 250 g/mol. The molecule has 0 atom stereocenters. The Morgan fingerprint density at radius 3 is 2.75 bits per heavy atom. The molecule has 0 amide bonds. The third kappa shape index (κ3) is 2.39. The second-order valence-corrected chi connectivity index (χ2v) is 4.96. The molecule has 0 radical (unpaired) electrons. The topological polar surface area (TPSA) is 38.3 Å². The van der Waals surface area contributed by atoms with E-state index in [1.54, 1.807) is 0 Å². The van der Waals surface area contributed by atoms with Gasteiger partial charge in [-0.05, 0) is 36.8 Å². The number of hydrogen-bond acceptors (Lipinski definition) is 3. The van der Waals surface area contributed by atoms with E-state index in [0.29, 0.717) is 6.42 Å². The summed E-state index contributed by atoms with van der Waals surface area (Å²) in [6.07, 6.45) is 2.57. The molecule has 0 saturated heterocycles. The number of ketones is 1. The Morgan fingerprint density at radius 2 is 1.90 bits per heavy atom. The number of benzene rings is 2. The van der Waals surface area contributed by atoms with Crippen molar-refractivity contribution in [2.75, 3.05) is 5.32 Å². The maximum atomic E-state index is 12.1. The normalized spacial score (nSPS) is 11.8. The van der Waals surface area contributed by atoms with Crippen molar-refractivity contribution >= 4 is 17.2 Å². The van der Waals surface area contributed by atoms with Gasteiger partial charge in [-0.3, -0.25) is 4.79 Å². The lowest BCUT2D eigenvalue weighted by molar-refractivity contribution is 0.0980. The first-order valence-electron chi connectivity index (χ1n) is 6.99. The van der Waals surface area contributed by atoms with E-state index in [4.69, 9.17) is 4.74 Å². The Balaban J connectivity index is 1.86. The number of fused-ring (bicyclic) bond motifs is 2. The molecule has 0 spiro atoms. The van der Waals surface area contributed by atoms with Gasteiger partial charge in [-0.25, -0.2) is 0 Å². The van der Waals surface area contributed by atoms with Crippen LogP contribution in [-0.4, -0.2) is 5.78 Å². The van der Waals surface area contributed by atoms with Crippen molar-refractivity contribution in [1.82, 2.24) is 0 Å². The second kappa shape index (κ2) is 5.37. The molecule has 1 N–H and O–H groups in total. The van der Waals surface area contributed by atoms with Gasteiger partial charge in [0.05, 0.1) is 11.4 Å². The van der Waals surface area contributed by atoms with Gasteiger partial charge in [0.2, 0.25) is 0 Å². The summed E-state index contributed by atoms with van der Waals surface area (Å²) in [5.41, 5.74) is 2.52. The first-order valence-corrected chi connectivity index (χ1v) is 6.99. The largest absolute Gasteiger partial charge is 0.453 e. The average molecular weight is 267 g/mol. The zero-order valence-electron chi connectivity index (χ0n) is 11.5. The summed E-state index contributed by atoms with van der Waals surface area (Å²) in [6.45, 7) is 2.09. The molecule has 1 aliphatic heterocycles. The maximum absolute atomic E-state index is 12.1. The minimum absolute atomic E-state index is 0.190. The summed E-state index contributed by atoms with van der Waals surface area (Å²) in [5, 5.41) is 3.31. The van der Waals surface area contributed by atoms with Crippen LogP contribution in [0.15, 0.2) is 42.5 Å². The highest BCUT2D eigenvalue weighted by atomic mass is 16.5. The number of hydrogen-bond donors (Lipinski definition) is 1. The van der Waals surface area contributed by atoms with Gasteiger partial charge in [-0.2, -0.15) is 0 Å². The second-order valence-electron chi connectivity index (χ2n) is 4.96. The van der Waals surface area contributed by atoms with E-state index < -0.39 is 0 Å². The van der Waals surface area contributed by atoms with Crippen LogP contribution in [0.4, 0.5) is 11.4 Å². The van der Waals surface area contributed by atoms with Crippen LogP contribution >= 0.6 is 0 Å². The smallest absolute Gasteiger partial charge is 0.162 e. The fourth-order valence-corrected chi connectivity index (χ4v) is 2.29. The molecule has 0 bridgehead atoms. The van der Waals surface area contributed by atoms with Gasteiger partial charge in [-0.1, -0.05) is 25.5 Å². The average Bonchev–Trinajstić information content (AvgIpc) is 2.50. The molecule has 1 aliphatic rings. The van der Waals surface area contributed by atoms with Crippen LogP contribution in [0.25, 0.3) is 0 Å². The Hall–Kier alpha value is -2.29. The number of nitrogens with one attached hydrogen (secondary N) is 1. The Morgan fingerprint density at radius 1 is 1.10 bits per heavy atom. The molecular formula is C17H17NO2. The van der Waals surface area contributed by atoms with Gasteiger partial charge >= 0.3 is 0 Å². The number of anilines is 2. The van der Waals surface area contributed by atoms with E-state index in [2.05, 4.69) is 12.2 Å². The zero-order chi connectivity index (χ0) is 13.9. The number of para-hydroxylation sites is 2. The van der Waals surface area contributed by atoms with Crippen LogP contribution in [-0.2, 0) is 0 Å². The van der Waals surface area contributed by atoms with Gasteiger partial charge in [0.1, 0.15) is 0 Å². The van der Waals surface area contributed by atoms with Crippen molar-refractivity contribution in [3.63, 3.8) is 0 Å².